The van der Waals surface area contributed by atoms with Gasteiger partial charge in [0.25, 0.3) is 8.32 Å². The van der Waals surface area contributed by atoms with Crippen molar-refractivity contribution < 1.29 is 42.7 Å². The van der Waals surface area contributed by atoms with Crippen molar-refractivity contribution in [1.82, 2.24) is 0 Å². The molecule has 0 aliphatic carbocycles. The minimum Gasteiger partial charge on any atom is -0.497 e. The van der Waals surface area contributed by atoms with Gasteiger partial charge in [-0.1, -0.05) is 143 Å². The molecule has 1 N–H and O–H groups in total. The van der Waals surface area contributed by atoms with E-state index in [9.17, 15) is 5.11 Å². The van der Waals surface area contributed by atoms with Crippen molar-refractivity contribution in [3.05, 3.63) is 156 Å². The fourth-order valence-corrected chi connectivity index (χ4v) is 13.8. The fraction of sp³-hybridized carbons (Fsp3) is 0.429. The zero-order chi connectivity index (χ0) is 48.3. The molecular formula is C56H74O9SSi. The molecule has 9 nitrogen and oxygen atoms in total. The van der Waals surface area contributed by atoms with Gasteiger partial charge in [-0.15, -0.1) is 11.8 Å². The highest BCUT2D eigenvalue weighted by Crippen LogP contribution is 2.38. The first-order valence-electron chi connectivity index (χ1n) is 23.2. The number of hydrogen-bond acceptors (Lipinski definition) is 10. The van der Waals surface area contributed by atoms with E-state index in [-0.39, 0.29) is 30.1 Å². The van der Waals surface area contributed by atoms with Crippen molar-refractivity contribution in [2.24, 2.45) is 5.41 Å². The van der Waals surface area contributed by atoms with Crippen LogP contribution in [0, 0.1) is 5.41 Å². The van der Waals surface area contributed by atoms with Crippen molar-refractivity contribution in [3.8, 4) is 17.2 Å². The van der Waals surface area contributed by atoms with Gasteiger partial charge in [-0.25, -0.2) is 0 Å². The van der Waals surface area contributed by atoms with Crippen LogP contribution in [0.2, 0.25) is 5.04 Å². The quantitative estimate of drug-likeness (QED) is 0.0226. The van der Waals surface area contributed by atoms with E-state index in [2.05, 4.69) is 126 Å². The Hall–Kier alpha value is -4.43. The highest BCUT2D eigenvalue weighted by atomic mass is 32.2. The summed E-state index contributed by atoms with van der Waals surface area (Å²) in [5.41, 5.74) is 2.55. The predicted octanol–water partition coefficient (Wildman–Crippen LogP) is 11.0. The van der Waals surface area contributed by atoms with Crippen LogP contribution in [0.3, 0.4) is 0 Å². The third-order valence-electron chi connectivity index (χ3n) is 12.3. The second-order valence-corrected chi connectivity index (χ2v) is 24.0. The molecule has 67 heavy (non-hydrogen) atoms. The van der Waals surface area contributed by atoms with Crippen LogP contribution >= 0.6 is 11.8 Å². The highest BCUT2D eigenvalue weighted by Gasteiger charge is 2.50. The van der Waals surface area contributed by atoms with Crippen LogP contribution in [-0.4, -0.2) is 85.4 Å². The molecule has 0 heterocycles. The summed E-state index contributed by atoms with van der Waals surface area (Å²) in [7, 11) is 3.66. The number of ether oxygens (including phenoxy) is 7. The van der Waals surface area contributed by atoms with Gasteiger partial charge in [0, 0.05) is 29.6 Å². The third kappa shape index (κ3) is 15.5. The molecule has 11 heteroatoms. The molecule has 0 saturated heterocycles. The summed E-state index contributed by atoms with van der Waals surface area (Å²) >= 11 is 1.76. The van der Waals surface area contributed by atoms with Gasteiger partial charge in [0.1, 0.15) is 12.5 Å². The summed E-state index contributed by atoms with van der Waals surface area (Å²) in [6, 6.07) is 45.5. The molecule has 362 valence electrons. The molecule has 5 aromatic carbocycles. The molecule has 5 aromatic rings. The van der Waals surface area contributed by atoms with Crippen LogP contribution in [0.4, 0.5) is 0 Å². The first kappa shape index (κ1) is 53.5. The van der Waals surface area contributed by atoms with Crippen LogP contribution in [0.15, 0.2) is 150 Å². The lowest BCUT2D eigenvalue weighted by atomic mass is 9.83. The molecule has 0 aromatic heterocycles. The number of benzene rings is 5. The average molecular weight is 951 g/mol. The number of thioether (sulfide) groups is 1. The zero-order valence-electron chi connectivity index (χ0n) is 41.4. The largest absolute Gasteiger partial charge is 0.497 e. The lowest BCUT2D eigenvalue weighted by molar-refractivity contribution is -0.137. The van der Waals surface area contributed by atoms with Gasteiger partial charge in [0.05, 0.1) is 65.6 Å². The summed E-state index contributed by atoms with van der Waals surface area (Å²) < 4.78 is 49.3. The number of rotatable bonds is 28. The Kier molecular flexibility index (Phi) is 21.1. The predicted molar refractivity (Wildman–Crippen MR) is 275 cm³/mol. The summed E-state index contributed by atoms with van der Waals surface area (Å²) in [4.78, 5) is 1.17. The third-order valence-corrected chi connectivity index (χ3v) is 18.8. The van der Waals surface area contributed by atoms with Crippen LogP contribution in [0.25, 0.3) is 0 Å². The Morgan fingerprint density at radius 1 is 0.657 bits per heavy atom. The molecular weight excluding hydrogens is 877 g/mol. The van der Waals surface area contributed by atoms with Crippen LogP contribution < -0.4 is 24.6 Å². The molecule has 0 amide bonds. The van der Waals surface area contributed by atoms with Gasteiger partial charge in [-0.3, -0.25) is 0 Å². The number of hydrogen-bond donors (Lipinski definition) is 1. The first-order valence-corrected chi connectivity index (χ1v) is 26.1. The Bertz CT molecular complexity index is 2160. The Morgan fingerprint density at radius 2 is 1.24 bits per heavy atom. The van der Waals surface area contributed by atoms with Crippen molar-refractivity contribution >= 4 is 30.5 Å². The van der Waals surface area contributed by atoms with Crippen molar-refractivity contribution in [1.29, 1.82) is 0 Å². The molecule has 5 rings (SSSR count). The maximum absolute atomic E-state index is 12.3. The number of aliphatic hydroxyl groups excluding tert-OH is 1. The first-order chi connectivity index (χ1) is 32.2. The molecule has 0 radical (unpaired) electrons. The Balaban J connectivity index is 1.54. The summed E-state index contributed by atoms with van der Waals surface area (Å²) in [6.07, 6.45) is 1.88. The van der Waals surface area contributed by atoms with Crippen LogP contribution in [0.5, 0.6) is 17.2 Å². The van der Waals surface area contributed by atoms with E-state index in [1.807, 2.05) is 55.5 Å². The SMILES string of the molecule is COCO[C@H](C)[C@@H](C[C@H](C/C(=C\CO[Si](c1ccccc1)(c1ccccc1)C(C)(C)C)C[C@H](O)C(C)(C)CSc1ccccc1)OCc1ccc(OC)c(OC)c1)OCc1ccc(OC)cc1. The number of aliphatic hydroxyl groups is 1. The second-order valence-electron chi connectivity index (χ2n) is 18.7. The highest BCUT2D eigenvalue weighted by molar-refractivity contribution is 7.99. The van der Waals surface area contributed by atoms with Crippen molar-refractivity contribution in [2.75, 3.05) is 47.6 Å². The molecule has 0 fully saturated rings. The minimum absolute atomic E-state index is 0.119. The lowest BCUT2D eigenvalue weighted by Gasteiger charge is -2.43. The fourth-order valence-electron chi connectivity index (χ4n) is 8.25. The van der Waals surface area contributed by atoms with Gasteiger partial charge < -0.3 is 42.7 Å². The Labute approximate surface area is 406 Å². The van der Waals surface area contributed by atoms with Gasteiger partial charge in [0.15, 0.2) is 11.5 Å². The minimum atomic E-state index is -2.88. The van der Waals surface area contributed by atoms with Crippen LogP contribution in [0.1, 0.15) is 71.9 Å². The number of methoxy groups -OCH3 is 4. The van der Waals surface area contributed by atoms with E-state index in [0.29, 0.717) is 50.6 Å². The van der Waals surface area contributed by atoms with Crippen molar-refractivity contribution in [3.63, 3.8) is 0 Å². The van der Waals surface area contributed by atoms with E-state index >= 15 is 0 Å². The standard InChI is InChI=1S/C56H74O9SSi/c1-42(64-41-58-7)52(63-38-43-26-29-46(59-8)30-27-43)37-47(62-39-45-28-31-51(60-9)53(35-45)61-10)34-44(36-54(57)56(5,6)40-66-48-20-14-11-15-21-48)32-33-65-67(55(2,3)4,49-22-16-12-17-23-49)50-24-18-13-19-25-50/h11-32,35,42,47,52,54,57H,33-34,36-41H2,1-10H3/b44-32+/t42-,47+,52-,54+/m1/s1. The molecule has 4 atom stereocenters. The molecule has 0 saturated carbocycles. The monoisotopic (exact) mass is 950 g/mol. The molecule has 0 unspecified atom stereocenters. The summed E-state index contributed by atoms with van der Waals surface area (Å²) in [5, 5.41) is 14.5. The Morgan fingerprint density at radius 3 is 1.81 bits per heavy atom. The second kappa shape index (κ2) is 26.4. The molecule has 0 bridgehead atoms. The van der Waals surface area contributed by atoms with Crippen molar-refractivity contribution in [2.45, 2.75) is 108 Å². The van der Waals surface area contributed by atoms with E-state index in [0.717, 1.165) is 28.2 Å². The van der Waals surface area contributed by atoms with E-state index in [1.165, 1.54) is 15.3 Å². The van der Waals surface area contributed by atoms with Crippen LogP contribution in [-0.2, 0) is 36.6 Å². The smallest absolute Gasteiger partial charge is 0.261 e. The molecule has 0 aliphatic heterocycles. The normalized spacial score (nSPS) is 14.3. The van der Waals surface area contributed by atoms with E-state index in [4.69, 9.17) is 37.6 Å². The van der Waals surface area contributed by atoms with Gasteiger partial charge in [0.2, 0.25) is 0 Å². The van der Waals surface area contributed by atoms with Gasteiger partial charge in [-0.05, 0) is 82.7 Å². The van der Waals surface area contributed by atoms with Gasteiger partial charge in [-0.2, -0.15) is 0 Å². The lowest BCUT2D eigenvalue weighted by Crippen LogP contribution is -2.66. The summed E-state index contributed by atoms with van der Waals surface area (Å²) in [6.45, 7) is 14.3. The molecule has 0 aliphatic rings. The average Bonchev–Trinajstić information content (AvgIpc) is 3.34. The van der Waals surface area contributed by atoms with E-state index in [1.54, 1.807) is 40.2 Å². The summed E-state index contributed by atoms with van der Waals surface area (Å²) in [5.74, 6) is 2.79. The van der Waals surface area contributed by atoms with E-state index < -0.39 is 19.8 Å². The maximum atomic E-state index is 12.3. The van der Waals surface area contributed by atoms with Gasteiger partial charge >= 0.3 is 0 Å². The maximum Gasteiger partial charge on any atom is 0.261 e. The zero-order valence-corrected chi connectivity index (χ0v) is 43.2. The topological polar surface area (TPSA) is 94.1 Å². The molecule has 0 spiro atoms.